The standard InChI is InChI=1S/C12H17F3N2OS/c1-8(17-19(18)11(2,3)4)9-5-6-16-7-10(9)12(13,14)15/h5-8,17H,1-4H3/t8?,19-/m1/s1. The van der Waals surface area contributed by atoms with Gasteiger partial charge in [0.25, 0.3) is 0 Å². The lowest BCUT2D eigenvalue weighted by molar-refractivity contribution is -0.138. The number of nitrogens with zero attached hydrogens (tertiary/aromatic N) is 1. The molecule has 0 fully saturated rings. The van der Waals surface area contributed by atoms with E-state index in [1.807, 2.05) is 0 Å². The molecule has 2 atom stereocenters. The maximum atomic E-state index is 12.8. The van der Waals surface area contributed by atoms with Gasteiger partial charge in [0.15, 0.2) is 0 Å². The van der Waals surface area contributed by atoms with Gasteiger partial charge in [-0.3, -0.25) is 4.98 Å². The molecular formula is C12H17F3N2OS. The van der Waals surface area contributed by atoms with E-state index < -0.39 is 33.5 Å². The summed E-state index contributed by atoms with van der Waals surface area (Å²) >= 11 is 0. The maximum absolute atomic E-state index is 12.8. The van der Waals surface area contributed by atoms with Gasteiger partial charge in [0.2, 0.25) is 0 Å². The molecule has 3 nitrogen and oxygen atoms in total. The lowest BCUT2D eigenvalue weighted by atomic mass is 10.0. The van der Waals surface area contributed by atoms with Gasteiger partial charge in [-0.2, -0.15) is 13.2 Å². The Morgan fingerprint density at radius 2 is 1.89 bits per heavy atom. The van der Waals surface area contributed by atoms with Gasteiger partial charge in [-0.15, -0.1) is 0 Å². The smallest absolute Gasteiger partial charge is 0.264 e. The van der Waals surface area contributed by atoms with Crippen LogP contribution < -0.4 is 4.72 Å². The first-order valence-electron chi connectivity index (χ1n) is 5.72. The molecule has 7 heteroatoms. The first-order valence-corrected chi connectivity index (χ1v) is 6.87. The quantitative estimate of drug-likeness (QED) is 0.930. The average molecular weight is 294 g/mol. The summed E-state index contributed by atoms with van der Waals surface area (Å²) in [6, 6.07) is 0.611. The Morgan fingerprint density at radius 1 is 1.32 bits per heavy atom. The normalized spacial score (nSPS) is 16.2. The highest BCUT2D eigenvalue weighted by atomic mass is 32.2. The van der Waals surface area contributed by atoms with Crippen LogP contribution in [0.3, 0.4) is 0 Å². The van der Waals surface area contributed by atoms with Crippen molar-refractivity contribution >= 4 is 11.0 Å². The predicted molar refractivity (Wildman–Crippen MR) is 68.7 cm³/mol. The van der Waals surface area contributed by atoms with Crippen LogP contribution in [0.25, 0.3) is 0 Å². The van der Waals surface area contributed by atoms with Gasteiger partial charge in [-0.1, -0.05) is 0 Å². The van der Waals surface area contributed by atoms with Gasteiger partial charge in [0.05, 0.1) is 21.3 Å². The van der Waals surface area contributed by atoms with Crippen LogP contribution in [-0.2, 0) is 17.2 Å². The molecule has 0 amide bonds. The van der Waals surface area contributed by atoms with E-state index in [1.165, 1.54) is 12.3 Å². The number of alkyl halides is 3. The van der Waals surface area contributed by atoms with Crippen molar-refractivity contribution in [2.24, 2.45) is 0 Å². The number of halogens is 3. The first kappa shape index (κ1) is 16.1. The molecule has 1 aromatic heterocycles. The van der Waals surface area contributed by atoms with Crippen molar-refractivity contribution < 1.29 is 17.4 Å². The van der Waals surface area contributed by atoms with Gasteiger partial charge in [0.1, 0.15) is 0 Å². The van der Waals surface area contributed by atoms with E-state index >= 15 is 0 Å². The average Bonchev–Trinajstić information content (AvgIpc) is 2.26. The Kier molecular flexibility index (Phi) is 4.73. The fourth-order valence-corrected chi connectivity index (χ4v) is 2.22. The van der Waals surface area contributed by atoms with Crippen molar-refractivity contribution in [1.29, 1.82) is 0 Å². The molecule has 0 aromatic carbocycles. The minimum Gasteiger partial charge on any atom is -0.264 e. The molecule has 1 rings (SSSR count). The first-order chi connectivity index (χ1) is 8.53. The van der Waals surface area contributed by atoms with E-state index in [1.54, 1.807) is 27.7 Å². The summed E-state index contributed by atoms with van der Waals surface area (Å²) in [7, 11) is -1.44. The molecule has 0 aliphatic carbocycles. The van der Waals surface area contributed by atoms with Gasteiger partial charge in [-0.05, 0) is 39.3 Å². The molecular weight excluding hydrogens is 277 g/mol. The van der Waals surface area contributed by atoms with Crippen molar-refractivity contribution in [3.8, 4) is 0 Å². The lowest BCUT2D eigenvalue weighted by Crippen LogP contribution is -2.35. The maximum Gasteiger partial charge on any atom is 0.418 e. The molecule has 0 aliphatic heterocycles. The minimum absolute atomic E-state index is 0.0418. The van der Waals surface area contributed by atoms with Gasteiger partial charge >= 0.3 is 6.18 Å². The number of nitrogens with one attached hydrogen (secondary N) is 1. The van der Waals surface area contributed by atoms with Gasteiger partial charge < -0.3 is 0 Å². The largest absolute Gasteiger partial charge is 0.418 e. The molecule has 1 unspecified atom stereocenters. The summed E-state index contributed by atoms with van der Waals surface area (Å²) in [6.45, 7) is 6.80. The van der Waals surface area contributed by atoms with Crippen LogP contribution in [0.4, 0.5) is 13.2 Å². The highest BCUT2D eigenvalue weighted by Crippen LogP contribution is 2.34. The predicted octanol–water partition coefficient (Wildman–Crippen LogP) is 3.21. The van der Waals surface area contributed by atoms with Crippen LogP contribution in [0.5, 0.6) is 0 Å². The molecule has 0 radical (unpaired) electrons. The third kappa shape index (κ3) is 4.28. The Hall–Kier alpha value is -0.950. The second-order valence-electron chi connectivity index (χ2n) is 5.18. The monoisotopic (exact) mass is 294 g/mol. The Balaban J connectivity index is 3.01. The molecule has 1 N–H and O–H groups in total. The molecule has 1 heterocycles. The third-order valence-electron chi connectivity index (χ3n) is 2.47. The summed E-state index contributed by atoms with van der Waals surface area (Å²) in [6.07, 6.45) is -2.39. The van der Waals surface area contributed by atoms with Crippen molar-refractivity contribution in [3.05, 3.63) is 29.6 Å². The molecule has 0 spiro atoms. The van der Waals surface area contributed by atoms with Crippen LogP contribution in [-0.4, -0.2) is 13.9 Å². The topological polar surface area (TPSA) is 42.0 Å². The Morgan fingerprint density at radius 3 is 2.37 bits per heavy atom. The Bertz CT molecular complexity index is 469. The summed E-state index contributed by atoms with van der Waals surface area (Å²) < 4.78 is 52.6. The lowest BCUT2D eigenvalue weighted by Gasteiger charge is -2.23. The van der Waals surface area contributed by atoms with E-state index in [2.05, 4.69) is 9.71 Å². The van der Waals surface area contributed by atoms with Crippen molar-refractivity contribution in [2.45, 2.75) is 44.7 Å². The molecule has 1 aromatic rings. The summed E-state index contributed by atoms with van der Waals surface area (Å²) in [5.41, 5.74) is -0.763. The fraction of sp³-hybridized carbons (Fsp3) is 0.583. The van der Waals surface area contributed by atoms with Crippen LogP contribution in [0.2, 0.25) is 0 Å². The number of rotatable bonds is 3. The second-order valence-corrected chi connectivity index (χ2v) is 7.18. The number of hydrogen-bond acceptors (Lipinski definition) is 2. The molecule has 19 heavy (non-hydrogen) atoms. The van der Waals surface area contributed by atoms with E-state index in [0.717, 1.165) is 6.20 Å². The zero-order valence-electron chi connectivity index (χ0n) is 11.2. The summed E-state index contributed by atoms with van der Waals surface area (Å²) in [4.78, 5) is 3.50. The van der Waals surface area contributed by atoms with Crippen LogP contribution in [0, 0.1) is 0 Å². The van der Waals surface area contributed by atoms with Crippen molar-refractivity contribution in [2.75, 3.05) is 0 Å². The molecule has 0 saturated carbocycles. The van der Waals surface area contributed by atoms with Gasteiger partial charge in [0, 0.05) is 18.4 Å². The second kappa shape index (κ2) is 5.58. The van der Waals surface area contributed by atoms with Crippen LogP contribution >= 0.6 is 0 Å². The van der Waals surface area contributed by atoms with Crippen molar-refractivity contribution in [1.82, 2.24) is 9.71 Å². The molecule has 0 aliphatic rings. The fourth-order valence-electron chi connectivity index (χ4n) is 1.42. The van der Waals surface area contributed by atoms with Gasteiger partial charge in [-0.25, -0.2) is 8.93 Å². The SMILES string of the molecule is CC(N[S@](=O)C(C)(C)C)c1ccncc1C(F)(F)F. The van der Waals surface area contributed by atoms with E-state index in [-0.39, 0.29) is 5.56 Å². The number of aromatic nitrogens is 1. The van der Waals surface area contributed by atoms with Crippen molar-refractivity contribution in [3.63, 3.8) is 0 Å². The zero-order chi connectivity index (χ0) is 14.8. The summed E-state index contributed by atoms with van der Waals surface area (Å²) in [5, 5.41) is 0. The number of pyridine rings is 1. The minimum atomic E-state index is -4.47. The zero-order valence-corrected chi connectivity index (χ0v) is 12.0. The number of hydrogen-bond donors (Lipinski definition) is 1. The van der Waals surface area contributed by atoms with Crippen LogP contribution in [0.15, 0.2) is 18.5 Å². The summed E-state index contributed by atoms with van der Waals surface area (Å²) in [5.74, 6) is 0. The molecule has 0 bridgehead atoms. The highest BCUT2D eigenvalue weighted by Gasteiger charge is 2.35. The third-order valence-corrected chi connectivity index (χ3v) is 4.15. The highest BCUT2D eigenvalue weighted by molar-refractivity contribution is 7.84. The van der Waals surface area contributed by atoms with E-state index in [0.29, 0.717) is 0 Å². The van der Waals surface area contributed by atoms with Crippen LogP contribution in [0.1, 0.15) is 44.9 Å². The molecule has 0 saturated heterocycles. The Labute approximate surface area is 113 Å². The molecule has 108 valence electrons. The van der Waals surface area contributed by atoms with E-state index in [9.17, 15) is 17.4 Å². The van der Waals surface area contributed by atoms with E-state index in [4.69, 9.17) is 0 Å².